The summed E-state index contributed by atoms with van der Waals surface area (Å²) in [4.78, 5) is 0. The SMILES string of the molecule is ClCCl.[Cl][Pd][Cl].[Fe+2].[Fe+2].c1cc[cH-]c1.c1cc[cH-]c1.c1ccc(P(c2ccccc2)c2cc[cH-]c2)cc1.c1ccc(P(c2ccccc2)c2cc[cH-]c2)cc1. The Balaban J connectivity index is 0.000000376. The molecule has 0 atom stereocenters. The Hall–Kier alpha value is -2.00. The summed E-state index contributed by atoms with van der Waals surface area (Å²) in [5.74, 6) is 0. The van der Waals surface area contributed by atoms with Gasteiger partial charge in [-0.15, -0.1) is 23.2 Å². The zero-order valence-corrected chi connectivity index (χ0v) is 37.7. The van der Waals surface area contributed by atoms with E-state index in [2.05, 4.69) is 170 Å². The Morgan fingerprint density at radius 1 is 0.352 bits per heavy atom. The maximum Gasteiger partial charge on any atom is 2.00 e. The van der Waals surface area contributed by atoms with Crippen LogP contribution in [0.3, 0.4) is 0 Å². The quantitative estimate of drug-likeness (QED) is 0.0674. The molecule has 0 radical (unpaired) electrons. The fourth-order valence-corrected chi connectivity index (χ4v) is 9.48. The number of halogens is 4. The third-order valence-electron chi connectivity index (χ3n) is 6.98. The normalized spacial score (nSPS) is 9.37. The molecule has 0 bridgehead atoms. The van der Waals surface area contributed by atoms with E-state index in [0.29, 0.717) is 0 Å². The van der Waals surface area contributed by atoms with Crippen molar-refractivity contribution in [2.45, 2.75) is 0 Å². The summed E-state index contributed by atoms with van der Waals surface area (Å²) in [5.41, 5.74) is 0. The molecule has 0 aliphatic rings. The fraction of sp³-hybridized carbons (Fsp3) is 0.0222. The Morgan fingerprint density at radius 2 is 0.593 bits per heavy atom. The predicted octanol–water partition coefficient (Wildman–Crippen LogP) is 11.9. The van der Waals surface area contributed by atoms with Gasteiger partial charge in [0.1, 0.15) is 0 Å². The minimum absolute atomic E-state index is 0. The van der Waals surface area contributed by atoms with Crippen molar-refractivity contribution in [3.8, 4) is 0 Å². The number of alkyl halides is 2. The van der Waals surface area contributed by atoms with Gasteiger partial charge in [0.05, 0.1) is 5.34 Å². The van der Waals surface area contributed by atoms with Crippen LogP contribution in [0.5, 0.6) is 0 Å². The molecule has 8 aromatic rings. The van der Waals surface area contributed by atoms with Crippen LogP contribution in [-0.2, 0) is 50.1 Å². The van der Waals surface area contributed by atoms with Gasteiger partial charge in [-0.1, -0.05) is 137 Å². The summed E-state index contributed by atoms with van der Waals surface area (Å²) in [6.07, 6.45) is 0. The summed E-state index contributed by atoms with van der Waals surface area (Å²) in [6, 6.07) is 80.5. The molecule has 0 aliphatic heterocycles. The van der Waals surface area contributed by atoms with E-state index >= 15 is 0 Å². The van der Waals surface area contributed by atoms with E-state index in [1.807, 2.05) is 60.7 Å². The van der Waals surface area contributed by atoms with Crippen LogP contribution in [0.1, 0.15) is 0 Å². The molecule has 0 spiro atoms. The van der Waals surface area contributed by atoms with Crippen molar-refractivity contribution < 1.29 is 50.1 Å². The number of hydrogen-bond donors (Lipinski definition) is 0. The second kappa shape index (κ2) is 33.2. The Bertz CT molecular complexity index is 1610. The van der Waals surface area contributed by atoms with Crippen molar-refractivity contribution in [3.63, 3.8) is 0 Å². The van der Waals surface area contributed by atoms with Gasteiger partial charge in [0.15, 0.2) is 0 Å². The van der Waals surface area contributed by atoms with Gasteiger partial charge in [0, 0.05) is 0 Å². The first kappa shape index (κ1) is 50.0. The molecular formula is C45H40Cl4Fe2P2Pd. The van der Waals surface area contributed by atoms with Crippen LogP contribution in [0.25, 0.3) is 0 Å². The van der Waals surface area contributed by atoms with Crippen LogP contribution in [0.4, 0.5) is 0 Å². The minimum Gasteiger partial charge on any atom is -0.214 e. The molecule has 0 amide bonds. The fourth-order valence-electron chi connectivity index (χ4n) is 4.87. The molecule has 8 aromatic carbocycles. The van der Waals surface area contributed by atoms with Gasteiger partial charge < -0.3 is 0 Å². The van der Waals surface area contributed by atoms with Crippen molar-refractivity contribution in [3.05, 3.63) is 231 Å². The molecule has 0 unspecified atom stereocenters. The summed E-state index contributed by atoms with van der Waals surface area (Å²) >= 11 is 9.42. The zero-order chi connectivity index (χ0) is 36.9. The van der Waals surface area contributed by atoms with Crippen molar-refractivity contribution >= 4 is 89.9 Å². The zero-order valence-electron chi connectivity index (χ0n) is 29.1. The molecule has 54 heavy (non-hydrogen) atoms. The average molecular weight is 1000 g/mol. The van der Waals surface area contributed by atoms with E-state index in [9.17, 15) is 0 Å². The van der Waals surface area contributed by atoms with Crippen molar-refractivity contribution in [2.75, 3.05) is 5.34 Å². The van der Waals surface area contributed by atoms with Crippen LogP contribution in [0, 0.1) is 0 Å². The van der Waals surface area contributed by atoms with Crippen molar-refractivity contribution in [1.29, 1.82) is 0 Å². The first-order chi connectivity index (χ1) is 25.7. The molecule has 0 nitrogen and oxygen atoms in total. The maximum atomic E-state index is 4.81. The first-order valence-electron chi connectivity index (χ1n) is 16.2. The van der Waals surface area contributed by atoms with Crippen LogP contribution in [-0.4, -0.2) is 5.34 Å². The molecule has 0 heterocycles. The third-order valence-corrected chi connectivity index (χ3v) is 11.9. The van der Waals surface area contributed by atoms with Gasteiger partial charge in [-0.3, -0.25) is 0 Å². The molecule has 8 rings (SSSR count). The standard InChI is InChI=1S/2C17H14P.2C5H5.CH2Cl2.2ClH.2Fe.Pd/c2*1-3-9-15(10-4-1)18(17-13-7-8-14-17)16-11-5-2-6-12-16;2*1-2-4-5-3-1;2-1-3;;;;;/h2*1-14H;2*1-5H;1H2;2*1H;;;/q4*-1;;;;3*+2/p-2. The molecule has 0 aliphatic carbocycles. The average Bonchev–Trinajstić information content (AvgIpc) is 4.06. The van der Waals surface area contributed by atoms with Crippen LogP contribution >= 0.6 is 58.1 Å². The molecule has 0 fully saturated rings. The summed E-state index contributed by atoms with van der Waals surface area (Å²) in [7, 11) is 8.81. The monoisotopic (exact) mass is 1000 g/mol. The van der Waals surface area contributed by atoms with Gasteiger partial charge in [-0.25, -0.2) is 36.4 Å². The summed E-state index contributed by atoms with van der Waals surface area (Å²) in [5, 5.41) is 8.66. The molecular weight excluding hydrogens is 962 g/mol. The van der Waals surface area contributed by atoms with Gasteiger partial charge in [0.2, 0.25) is 0 Å². The molecule has 0 aromatic heterocycles. The van der Waals surface area contributed by atoms with Gasteiger partial charge in [-0.2, -0.15) is 83.4 Å². The Kier molecular flexibility index (Phi) is 30.7. The number of rotatable bonds is 6. The van der Waals surface area contributed by atoms with E-state index in [4.69, 9.17) is 42.3 Å². The van der Waals surface area contributed by atoms with Gasteiger partial charge >= 0.3 is 69.1 Å². The van der Waals surface area contributed by atoms with Crippen molar-refractivity contribution in [1.82, 2.24) is 0 Å². The summed E-state index contributed by atoms with van der Waals surface area (Å²) in [6.45, 7) is 0. The van der Waals surface area contributed by atoms with Crippen LogP contribution < -0.4 is 31.8 Å². The molecule has 9 heteroatoms. The van der Waals surface area contributed by atoms with Gasteiger partial charge in [0.25, 0.3) is 0 Å². The first-order valence-corrected chi connectivity index (χ1v) is 24.0. The second-order valence-corrected chi connectivity index (χ2v) is 18.0. The second-order valence-electron chi connectivity index (χ2n) is 10.4. The Labute approximate surface area is 372 Å². The predicted molar refractivity (Wildman–Crippen MR) is 234 cm³/mol. The van der Waals surface area contributed by atoms with E-state index in [-0.39, 0.29) is 55.4 Å². The summed E-state index contributed by atoms with van der Waals surface area (Å²) < 4.78 is 0. The maximum absolute atomic E-state index is 4.81. The van der Waals surface area contributed by atoms with E-state index in [0.717, 1.165) is 0 Å². The number of hydrogen-bond acceptors (Lipinski definition) is 0. The molecule has 0 N–H and O–H groups in total. The molecule has 284 valence electrons. The van der Waals surface area contributed by atoms with Gasteiger partial charge in [-0.05, 0) is 21.2 Å². The number of benzene rings is 4. The van der Waals surface area contributed by atoms with Crippen LogP contribution in [0.15, 0.2) is 231 Å². The van der Waals surface area contributed by atoms with Crippen molar-refractivity contribution in [2.24, 2.45) is 0 Å². The molecule has 0 saturated heterocycles. The smallest absolute Gasteiger partial charge is 0.214 e. The topological polar surface area (TPSA) is 0 Å². The molecule has 0 saturated carbocycles. The Morgan fingerprint density at radius 3 is 0.759 bits per heavy atom. The van der Waals surface area contributed by atoms with E-state index in [1.54, 1.807) is 0 Å². The van der Waals surface area contributed by atoms with E-state index in [1.165, 1.54) is 31.8 Å². The largest absolute Gasteiger partial charge is 2.00 e. The van der Waals surface area contributed by atoms with E-state index < -0.39 is 15.8 Å². The third kappa shape index (κ3) is 19.7. The minimum atomic E-state index is -0.409. The van der Waals surface area contributed by atoms with Crippen LogP contribution in [0.2, 0.25) is 0 Å².